The van der Waals surface area contributed by atoms with Gasteiger partial charge in [-0.1, -0.05) is 87.5 Å². The van der Waals surface area contributed by atoms with Crippen molar-refractivity contribution in [3.8, 4) is 0 Å². The molecule has 1 spiro atoms. The number of carbonyl (C=O) groups excluding carboxylic acids is 4. The Labute approximate surface area is 285 Å². The lowest BCUT2D eigenvalue weighted by molar-refractivity contribution is -0.191. The van der Waals surface area contributed by atoms with Crippen molar-refractivity contribution in [2.24, 2.45) is 34.5 Å². The zero-order chi connectivity index (χ0) is 34.7. The van der Waals surface area contributed by atoms with Gasteiger partial charge in [-0.2, -0.15) is 0 Å². The van der Waals surface area contributed by atoms with Crippen molar-refractivity contribution in [3.63, 3.8) is 0 Å². The predicted octanol–water partition coefficient (Wildman–Crippen LogP) is 6.41. The van der Waals surface area contributed by atoms with E-state index in [0.29, 0.717) is 17.6 Å². The highest BCUT2D eigenvalue weighted by Crippen LogP contribution is 2.72. The van der Waals surface area contributed by atoms with Crippen molar-refractivity contribution >= 4 is 23.7 Å². The van der Waals surface area contributed by atoms with Crippen LogP contribution in [-0.2, 0) is 19.0 Å². The number of ether oxygens (including phenoxy) is 3. The number of aliphatic hydroxyl groups is 1. The van der Waals surface area contributed by atoms with Crippen molar-refractivity contribution in [1.82, 2.24) is 0 Å². The van der Waals surface area contributed by atoms with Gasteiger partial charge in [0.1, 0.15) is 6.61 Å². The molecule has 252 valence electrons. The second-order valence-electron chi connectivity index (χ2n) is 14.5. The lowest BCUT2D eigenvalue weighted by Crippen LogP contribution is -2.66. The van der Waals surface area contributed by atoms with E-state index in [1.807, 2.05) is 6.92 Å². The average molecular weight is 661 g/mol. The number of ketones is 1. The summed E-state index contributed by atoms with van der Waals surface area (Å²) in [6.45, 7) is 7.59. The van der Waals surface area contributed by atoms with Crippen LogP contribution in [0.1, 0.15) is 65.2 Å². The third-order valence-electron chi connectivity index (χ3n) is 11.5. The van der Waals surface area contributed by atoms with Crippen LogP contribution in [0, 0.1) is 34.5 Å². The molecule has 4 aliphatic carbocycles. The largest absolute Gasteiger partial charge is 0.457 e. The third-order valence-corrected chi connectivity index (χ3v) is 11.5. The number of carbonyl (C=O) groups is 4. The molecule has 2 fully saturated rings. The second-order valence-corrected chi connectivity index (χ2v) is 14.5. The molecule has 0 amide bonds. The van der Waals surface area contributed by atoms with Gasteiger partial charge in [-0.15, -0.1) is 0 Å². The number of hydrogen-bond acceptors (Lipinski definition) is 8. The van der Waals surface area contributed by atoms with Crippen molar-refractivity contribution in [2.75, 3.05) is 6.61 Å². The predicted molar refractivity (Wildman–Crippen MR) is 180 cm³/mol. The molecule has 3 aromatic carbocycles. The van der Waals surface area contributed by atoms with Crippen LogP contribution in [0.2, 0.25) is 0 Å². The van der Waals surface area contributed by atoms with E-state index in [0.717, 1.165) is 0 Å². The minimum absolute atomic E-state index is 0.0471. The molecular formula is C41H40O8. The van der Waals surface area contributed by atoms with E-state index in [-0.39, 0.29) is 46.3 Å². The smallest absolute Gasteiger partial charge is 0.338 e. The topological polar surface area (TPSA) is 116 Å². The summed E-state index contributed by atoms with van der Waals surface area (Å²) in [4.78, 5) is 56.0. The molecule has 1 N–H and O–H groups in total. The molecular weight excluding hydrogens is 620 g/mol. The van der Waals surface area contributed by atoms with Crippen LogP contribution in [0.4, 0.5) is 0 Å². The highest BCUT2D eigenvalue weighted by molar-refractivity contribution is 5.97. The fourth-order valence-electron chi connectivity index (χ4n) is 9.03. The maximum atomic E-state index is 15.2. The van der Waals surface area contributed by atoms with Crippen LogP contribution < -0.4 is 0 Å². The van der Waals surface area contributed by atoms with Gasteiger partial charge in [0.25, 0.3) is 0 Å². The van der Waals surface area contributed by atoms with E-state index in [4.69, 9.17) is 14.2 Å². The summed E-state index contributed by atoms with van der Waals surface area (Å²) in [6, 6.07) is 25.2. The Hall–Kier alpha value is -4.82. The number of fused-ring (bicyclic) bond motifs is 3. The Morgan fingerprint density at radius 3 is 1.80 bits per heavy atom. The molecule has 7 rings (SSSR count). The van der Waals surface area contributed by atoms with Gasteiger partial charge in [0, 0.05) is 11.5 Å². The summed E-state index contributed by atoms with van der Waals surface area (Å²) in [5.74, 6) is -3.22. The van der Waals surface area contributed by atoms with E-state index in [2.05, 4.69) is 13.8 Å². The second kappa shape index (κ2) is 11.9. The van der Waals surface area contributed by atoms with Gasteiger partial charge < -0.3 is 19.3 Å². The van der Waals surface area contributed by atoms with Crippen LogP contribution in [0.5, 0.6) is 0 Å². The summed E-state index contributed by atoms with van der Waals surface area (Å²) < 4.78 is 18.3. The molecule has 2 saturated carbocycles. The minimum Gasteiger partial charge on any atom is -0.457 e. The maximum Gasteiger partial charge on any atom is 0.338 e. The first-order valence-corrected chi connectivity index (χ1v) is 16.8. The summed E-state index contributed by atoms with van der Waals surface area (Å²) in [5, 5.41) is 13.5. The van der Waals surface area contributed by atoms with Crippen molar-refractivity contribution in [2.45, 2.75) is 51.9 Å². The summed E-state index contributed by atoms with van der Waals surface area (Å²) in [6.07, 6.45) is 1.25. The molecule has 49 heavy (non-hydrogen) atoms. The number of hydrogen-bond donors (Lipinski definition) is 1. The molecule has 0 aliphatic heterocycles. The standard InChI is InChI=1S/C41H40O8/c1-24-22-40-25(2)20-31-32(39(31,3)4)30(33(40)42)21-29(23-47-36(43)26-14-8-5-9-15-26)35(49-38(45)28-18-12-7-13-19-28)41(40,46)34(24)48-37(44)27-16-10-6-11-17-27/h5-19,21-22,25,30-32,34-35,46H,20,23H2,1-4H3/t25-,30-,31-,32+,34+,35-,40+,41-/m1/s1. The van der Waals surface area contributed by atoms with Crippen molar-refractivity contribution in [3.05, 3.63) is 131 Å². The van der Waals surface area contributed by atoms with E-state index in [9.17, 15) is 19.5 Å². The zero-order valence-corrected chi connectivity index (χ0v) is 28.0. The molecule has 8 heteroatoms. The first-order chi connectivity index (χ1) is 23.4. The van der Waals surface area contributed by atoms with Gasteiger partial charge in [-0.25, -0.2) is 14.4 Å². The van der Waals surface area contributed by atoms with Crippen LogP contribution in [0.25, 0.3) is 0 Å². The quantitative estimate of drug-likeness (QED) is 0.176. The Morgan fingerprint density at radius 1 is 0.776 bits per heavy atom. The van der Waals surface area contributed by atoms with Crippen molar-refractivity contribution in [1.29, 1.82) is 0 Å². The molecule has 0 heterocycles. The maximum absolute atomic E-state index is 15.2. The fraction of sp³-hybridized carbons (Fsp3) is 0.366. The fourth-order valence-corrected chi connectivity index (χ4v) is 9.03. The molecule has 0 unspecified atom stereocenters. The molecule has 2 bridgehead atoms. The first kappa shape index (κ1) is 32.7. The minimum atomic E-state index is -2.27. The molecule has 8 nitrogen and oxygen atoms in total. The molecule has 8 atom stereocenters. The van der Waals surface area contributed by atoms with Gasteiger partial charge >= 0.3 is 17.9 Å². The normalized spacial score (nSPS) is 32.2. The number of rotatable bonds is 7. The van der Waals surface area contributed by atoms with E-state index < -0.39 is 53.0 Å². The number of Topliss-reactive ketones (excluding diaryl/α,β-unsaturated/α-hetero) is 1. The Kier molecular flexibility index (Phi) is 7.98. The van der Waals surface area contributed by atoms with Crippen LogP contribution in [0.3, 0.4) is 0 Å². The molecule has 4 aliphatic rings. The summed E-state index contributed by atoms with van der Waals surface area (Å²) >= 11 is 0. The zero-order valence-electron chi connectivity index (χ0n) is 28.0. The SMILES string of the molecule is CC1=C[C@]23C(=O)[C@H](C=C(COC(=O)c4ccccc4)[C@@H](OC(=O)c4ccccc4)[C@]2(O)[C@H]1OC(=O)c1ccccc1)[C@H]1[C@@H](C[C@H]3C)C1(C)C. The van der Waals surface area contributed by atoms with Crippen LogP contribution in [-0.4, -0.2) is 53.2 Å². The number of allylic oxidation sites excluding steroid dienone is 1. The highest BCUT2D eigenvalue weighted by Gasteiger charge is 2.77. The monoisotopic (exact) mass is 660 g/mol. The molecule has 0 radical (unpaired) electrons. The lowest BCUT2D eigenvalue weighted by atomic mass is 9.59. The molecule has 0 saturated heterocycles. The molecule has 3 aromatic rings. The highest BCUT2D eigenvalue weighted by atomic mass is 16.6. The Morgan fingerprint density at radius 2 is 1.27 bits per heavy atom. The van der Waals surface area contributed by atoms with Crippen molar-refractivity contribution < 1.29 is 38.5 Å². The average Bonchev–Trinajstić information content (AvgIpc) is 3.61. The van der Waals surface area contributed by atoms with Gasteiger partial charge in [0.05, 0.1) is 22.1 Å². The number of esters is 3. The molecule has 0 aromatic heterocycles. The summed E-state index contributed by atoms with van der Waals surface area (Å²) in [7, 11) is 0. The Balaban J connectivity index is 1.39. The van der Waals surface area contributed by atoms with Gasteiger partial charge in [-0.3, -0.25) is 4.79 Å². The Bertz CT molecular complexity index is 1860. The summed E-state index contributed by atoms with van der Waals surface area (Å²) in [5.41, 5.74) is -2.47. The van der Waals surface area contributed by atoms with E-state index >= 15 is 4.79 Å². The van der Waals surface area contributed by atoms with Crippen LogP contribution >= 0.6 is 0 Å². The van der Waals surface area contributed by atoms with Gasteiger partial charge in [0.15, 0.2) is 23.6 Å². The lowest BCUT2D eigenvalue weighted by Gasteiger charge is -2.49. The van der Waals surface area contributed by atoms with Gasteiger partial charge in [0.2, 0.25) is 0 Å². The van der Waals surface area contributed by atoms with E-state index in [1.54, 1.807) is 110 Å². The van der Waals surface area contributed by atoms with E-state index in [1.165, 1.54) is 0 Å². The third kappa shape index (κ3) is 5.07. The van der Waals surface area contributed by atoms with Gasteiger partial charge in [-0.05, 0) is 78.5 Å². The number of benzene rings is 3. The first-order valence-electron chi connectivity index (χ1n) is 16.8. The van der Waals surface area contributed by atoms with Crippen LogP contribution in [0.15, 0.2) is 114 Å².